The predicted octanol–water partition coefficient (Wildman–Crippen LogP) is 2.59. The summed E-state index contributed by atoms with van der Waals surface area (Å²) in [4.78, 5) is 12.1. The minimum Gasteiger partial charge on any atom is -0.405 e. The van der Waals surface area contributed by atoms with Crippen LogP contribution in [0.1, 0.15) is 25.3 Å². The third-order valence-electron chi connectivity index (χ3n) is 3.65. The van der Waals surface area contributed by atoms with Gasteiger partial charge in [0.05, 0.1) is 0 Å². The highest BCUT2D eigenvalue weighted by Gasteiger charge is 2.32. The molecule has 0 aromatic heterocycles. The van der Waals surface area contributed by atoms with E-state index in [1.165, 1.54) is 18.2 Å². The maximum Gasteiger partial charge on any atom is 0.573 e. The van der Waals surface area contributed by atoms with Crippen molar-refractivity contribution in [3.05, 3.63) is 29.8 Å². The summed E-state index contributed by atoms with van der Waals surface area (Å²) in [6, 6.07) is 6.08. The summed E-state index contributed by atoms with van der Waals surface area (Å²) in [7, 11) is 0. The van der Waals surface area contributed by atoms with E-state index in [1.54, 1.807) is 6.07 Å². The van der Waals surface area contributed by atoms with Crippen molar-refractivity contribution in [1.82, 2.24) is 10.6 Å². The van der Waals surface area contributed by atoms with Gasteiger partial charge in [-0.05, 0) is 32.4 Å². The fourth-order valence-corrected chi connectivity index (χ4v) is 2.57. The normalized spacial score (nSPS) is 22.2. The molecule has 4 nitrogen and oxygen atoms in total. The molecule has 0 saturated carbocycles. The number of hydrogen-bond donors (Lipinski definition) is 2. The number of piperidine rings is 1. The van der Waals surface area contributed by atoms with E-state index < -0.39 is 6.36 Å². The van der Waals surface area contributed by atoms with E-state index in [9.17, 15) is 18.0 Å². The second kappa shape index (κ2) is 7.00. The molecule has 2 N–H and O–H groups in total. The average molecular weight is 316 g/mol. The second-order valence-corrected chi connectivity index (χ2v) is 5.45. The van der Waals surface area contributed by atoms with Gasteiger partial charge in [-0.15, -0.1) is 13.2 Å². The summed E-state index contributed by atoms with van der Waals surface area (Å²) in [5.74, 6) is -0.518. The SMILES string of the molecule is C[C@H]1C[C@@H](C(=O)NCc2ccccc2OC(F)(F)F)CCN1. The molecule has 1 aromatic rings. The number of para-hydroxylation sites is 1. The third-order valence-corrected chi connectivity index (χ3v) is 3.65. The zero-order valence-electron chi connectivity index (χ0n) is 12.2. The van der Waals surface area contributed by atoms with Crippen LogP contribution in [0.25, 0.3) is 0 Å². The van der Waals surface area contributed by atoms with Gasteiger partial charge in [-0.3, -0.25) is 4.79 Å². The minimum atomic E-state index is -4.75. The Hall–Kier alpha value is -1.76. The largest absolute Gasteiger partial charge is 0.573 e. The van der Waals surface area contributed by atoms with Crippen molar-refractivity contribution in [2.45, 2.75) is 38.7 Å². The van der Waals surface area contributed by atoms with Crippen LogP contribution in [0.2, 0.25) is 0 Å². The second-order valence-electron chi connectivity index (χ2n) is 5.45. The Morgan fingerprint density at radius 1 is 1.41 bits per heavy atom. The zero-order chi connectivity index (χ0) is 16.2. The van der Waals surface area contributed by atoms with Crippen molar-refractivity contribution < 1.29 is 22.7 Å². The van der Waals surface area contributed by atoms with Gasteiger partial charge in [-0.1, -0.05) is 18.2 Å². The molecule has 1 amide bonds. The van der Waals surface area contributed by atoms with E-state index in [0.717, 1.165) is 19.4 Å². The lowest BCUT2D eigenvalue weighted by Gasteiger charge is -2.27. The van der Waals surface area contributed by atoms with Crippen LogP contribution in [-0.4, -0.2) is 24.9 Å². The average Bonchev–Trinajstić information content (AvgIpc) is 2.44. The van der Waals surface area contributed by atoms with Gasteiger partial charge in [-0.25, -0.2) is 0 Å². The molecule has 0 radical (unpaired) electrons. The first-order valence-corrected chi connectivity index (χ1v) is 7.20. The Morgan fingerprint density at radius 2 is 2.14 bits per heavy atom. The van der Waals surface area contributed by atoms with Gasteiger partial charge >= 0.3 is 6.36 Å². The number of amides is 1. The number of nitrogens with one attached hydrogen (secondary N) is 2. The standard InChI is InChI=1S/C15H19F3N2O2/c1-10-8-11(6-7-19-10)14(21)20-9-12-4-2-3-5-13(12)22-15(16,17)18/h2-5,10-11,19H,6-9H2,1H3,(H,20,21)/t10-,11-/m0/s1. The summed E-state index contributed by atoms with van der Waals surface area (Å²) < 4.78 is 41.0. The minimum absolute atomic E-state index is 0.0173. The summed E-state index contributed by atoms with van der Waals surface area (Å²) in [5, 5.41) is 5.95. The van der Waals surface area contributed by atoms with Crippen LogP contribution in [0, 0.1) is 5.92 Å². The molecule has 2 atom stereocenters. The molecule has 7 heteroatoms. The molecule has 1 saturated heterocycles. The summed E-state index contributed by atoms with van der Waals surface area (Å²) in [5.41, 5.74) is 0.301. The number of hydrogen-bond acceptors (Lipinski definition) is 3. The highest BCUT2D eigenvalue weighted by Crippen LogP contribution is 2.26. The molecule has 0 spiro atoms. The van der Waals surface area contributed by atoms with Gasteiger partial charge in [0.25, 0.3) is 0 Å². The van der Waals surface area contributed by atoms with Crippen LogP contribution in [0.3, 0.4) is 0 Å². The number of alkyl halides is 3. The molecule has 1 aromatic carbocycles. The highest BCUT2D eigenvalue weighted by molar-refractivity contribution is 5.78. The topological polar surface area (TPSA) is 50.4 Å². The Morgan fingerprint density at radius 3 is 2.82 bits per heavy atom. The smallest absolute Gasteiger partial charge is 0.405 e. The molecule has 1 aliphatic rings. The van der Waals surface area contributed by atoms with Crippen molar-refractivity contribution in [1.29, 1.82) is 0 Å². The lowest BCUT2D eigenvalue weighted by atomic mass is 9.92. The maximum absolute atomic E-state index is 12.3. The lowest BCUT2D eigenvalue weighted by molar-refractivity contribution is -0.274. The first-order chi connectivity index (χ1) is 10.3. The van der Waals surface area contributed by atoms with Crippen LogP contribution in [0.4, 0.5) is 13.2 Å². The van der Waals surface area contributed by atoms with Crippen molar-refractivity contribution in [2.24, 2.45) is 5.92 Å². The molecule has 0 aliphatic carbocycles. The van der Waals surface area contributed by atoms with E-state index in [0.29, 0.717) is 5.56 Å². The fourth-order valence-electron chi connectivity index (χ4n) is 2.57. The van der Waals surface area contributed by atoms with Crippen LogP contribution >= 0.6 is 0 Å². The molecule has 2 rings (SSSR count). The molecular formula is C15H19F3N2O2. The Bertz CT molecular complexity index is 520. The summed E-state index contributed by atoms with van der Waals surface area (Å²) in [6.45, 7) is 2.79. The fraction of sp³-hybridized carbons (Fsp3) is 0.533. The van der Waals surface area contributed by atoms with E-state index in [2.05, 4.69) is 15.4 Å². The number of carbonyl (C=O) groups excluding carboxylic acids is 1. The van der Waals surface area contributed by atoms with Crippen molar-refractivity contribution in [3.8, 4) is 5.75 Å². The molecule has 1 aliphatic heterocycles. The predicted molar refractivity (Wildman–Crippen MR) is 75.2 cm³/mol. The molecule has 122 valence electrons. The van der Waals surface area contributed by atoms with Crippen LogP contribution in [0.15, 0.2) is 24.3 Å². The molecule has 1 fully saturated rings. The Kier molecular flexibility index (Phi) is 5.28. The maximum atomic E-state index is 12.3. The van der Waals surface area contributed by atoms with Crippen molar-refractivity contribution in [2.75, 3.05) is 6.54 Å². The van der Waals surface area contributed by atoms with Crippen molar-refractivity contribution >= 4 is 5.91 Å². The van der Waals surface area contributed by atoms with Gasteiger partial charge < -0.3 is 15.4 Å². The van der Waals surface area contributed by atoms with Crippen molar-refractivity contribution in [3.63, 3.8) is 0 Å². The number of halogens is 3. The molecule has 22 heavy (non-hydrogen) atoms. The molecule has 1 heterocycles. The third kappa shape index (κ3) is 4.91. The first-order valence-electron chi connectivity index (χ1n) is 7.20. The summed E-state index contributed by atoms with van der Waals surface area (Å²) >= 11 is 0. The lowest BCUT2D eigenvalue weighted by Crippen LogP contribution is -2.42. The monoisotopic (exact) mass is 316 g/mol. The molecule has 0 bridgehead atoms. The zero-order valence-corrected chi connectivity index (χ0v) is 12.2. The van der Waals surface area contributed by atoms with Gasteiger partial charge in [0, 0.05) is 24.1 Å². The number of ether oxygens (including phenoxy) is 1. The Balaban J connectivity index is 1.95. The van der Waals surface area contributed by atoms with Gasteiger partial charge in [-0.2, -0.15) is 0 Å². The number of rotatable bonds is 4. The van der Waals surface area contributed by atoms with Gasteiger partial charge in [0.15, 0.2) is 0 Å². The van der Waals surface area contributed by atoms with E-state index >= 15 is 0 Å². The molecular weight excluding hydrogens is 297 g/mol. The van der Waals surface area contributed by atoms with E-state index in [1.807, 2.05) is 6.92 Å². The first kappa shape index (κ1) is 16.6. The number of carbonyl (C=O) groups is 1. The van der Waals surface area contributed by atoms with Crippen LogP contribution in [0.5, 0.6) is 5.75 Å². The number of benzene rings is 1. The highest BCUT2D eigenvalue weighted by atomic mass is 19.4. The van der Waals surface area contributed by atoms with Crippen LogP contribution < -0.4 is 15.4 Å². The Labute approximate surface area is 127 Å². The van der Waals surface area contributed by atoms with Crippen LogP contribution in [-0.2, 0) is 11.3 Å². The van der Waals surface area contributed by atoms with Gasteiger partial charge in [0.2, 0.25) is 5.91 Å². The molecule has 0 unspecified atom stereocenters. The van der Waals surface area contributed by atoms with Gasteiger partial charge in [0.1, 0.15) is 5.75 Å². The summed E-state index contributed by atoms with van der Waals surface area (Å²) in [6.07, 6.45) is -3.28. The van der Waals surface area contributed by atoms with E-state index in [4.69, 9.17) is 0 Å². The van der Waals surface area contributed by atoms with E-state index in [-0.39, 0.29) is 30.2 Å². The quantitative estimate of drug-likeness (QED) is 0.898.